The van der Waals surface area contributed by atoms with Crippen LogP contribution in [0.3, 0.4) is 0 Å². The quantitative estimate of drug-likeness (QED) is 0.364. The number of sulfone groups is 1. The number of hydrogen-bond acceptors (Lipinski definition) is 7. The van der Waals surface area contributed by atoms with Gasteiger partial charge < -0.3 is 4.18 Å². The molecule has 0 atom stereocenters. The Balaban J connectivity index is 2.80. The van der Waals surface area contributed by atoms with E-state index in [1.807, 2.05) is 20.8 Å². The third kappa shape index (κ3) is 5.78. The van der Waals surface area contributed by atoms with Gasteiger partial charge in [0, 0.05) is 18.4 Å². The van der Waals surface area contributed by atoms with Crippen LogP contribution < -0.4 is 4.18 Å². The monoisotopic (exact) mass is 510 g/mol. The van der Waals surface area contributed by atoms with E-state index in [0.717, 1.165) is 17.4 Å². The molecule has 10 heteroatoms. The molecule has 1 aromatic carbocycles. The van der Waals surface area contributed by atoms with Gasteiger partial charge in [0.15, 0.2) is 9.84 Å². The summed E-state index contributed by atoms with van der Waals surface area (Å²) in [5, 5.41) is 4.31. The first-order valence-corrected chi connectivity index (χ1v) is 14.5. The van der Waals surface area contributed by atoms with Crippen LogP contribution in [0.5, 0.6) is 5.88 Å². The number of rotatable bonds is 9. The van der Waals surface area contributed by atoms with E-state index >= 15 is 0 Å². The zero-order valence-electron chi connectivity index (χ0n) is 21.3. The minimum atomic E-state index is -3.96. The molecular weight excluding hydrogens is 476 g/mol. The maximum absolute atomic E-state index is 13.8. The minimum Gasteiger partial charge on any atom is -0.361 e. The van der Waals surface area contributed by atoms with E-state index in [-0.39, 0.29) is 33.6 Å². The molecule has 0 radical (unpaired) electrons. The third-order valence-corrected chi connectivity index (χ3v) is 8.17. The summed E-state index contributed by atoms with van der Waals surface area (Å²) in [6.07, 6.45) is 1.13. The molecule has 0 amide bonds. The van der Waals surface area contributed by atoms with Crippen LogP contribution in [0, 0.1) is 19.8 Å². The Morgan fingerprint density at radius 3 is 2.12 bits per heavy atom. The Kier molecular flexibility index (Phi) is 8.20. The summed E-state index contributed by atoms with van der Waals surface area (Å²) in [4.78, 5) is 13.9. The van der Waals surface area contributed by atoms with E-state index in [1.54, 1.807) is 34.6 Å². The SMILES string of the molecule is CCn1nc(C)c(C(=O)c2ccc(S(C)(=O)=O)c(C(C)=C(C)C)c2C)c1OS(=O)(=O)CC(C)C. The van der Waals surface area contributed by atoms with Crippen LogP contribution in [0.4, 0.5) is 0 Å². The lowest BCUT2D eigenvalue weighted by Gasteiger charge is -2.17. The summed E-state index contributed by atoms with van der Waals surface area (Å²) in [7, 11) is -7.52. The molecule has 0 bridgehead atoms. The molecule has 8 nitrogen and oxygen atoms in total. The van der Waals surface area contributed by atoms with Gasteiger partial charge in [0.05, 0.1) is 16.3 Å². The van der Waals surface area contributed by atoms with Crippen LogP contribution in [-0.4, -0.2) is 44.4 Å². The van der Waals surface area contributed by atoms with Gasteiger partial charge in [-0.25, -0.2) is 13.1 Å². The summed E-state index contributed by atoms with van der Waals surface area (Å²) in [6.45, 7) is 14.5. The second kappa shape index (κ2) is 10.0. The predicted molar refractivity (Wildman–Crippen MR) is 134 cm³/mol. The number of allylic oxidation sites excluding steroid dienone is 2. The molecule has 0 saturated heterocycles. The van der Waals surface area contributed by atoms with Crippen molar-refractivity contribution < 1.29 is 25.8 Å². The molecule has 0 fully saturated rings. The highest BCUT2D eigenvalue weighted by atomic mass is 32.2. The first-order chi connectivity index (χ1) is 15.5. The Hall–Kier alpha value is -2.46. The zero-order valence-corrected chi connectivity index (χ0v) is 22.9. The molecule has 0 spiro atoms. The van der Waals surface area contributed by atoms with Crippen molar-refractivity contribution in [1.29, 1.82) is 0 Å². The fourth-order valence-corrected chi connectivity index (χ4v) is 6.06. The van der Waals surface area contributed by atoms with Gasteiger partial charge in [0.25, 0.3) is 0 Å². The molecule has 0 aliphatic heterocycles. The fourth-order valence-electron chi connectivity index (χ4n) is 3.78. The van der Waals surface area contributed by atoms with E-state index < -0.39 is 25.7 Å². The minimum absolute atomic E-state index is 0.0465. The third-order valence-electron chi connectivity index (χ3n) is 5.55. The molecule has 34 heavy (non-hydrogen) atoms. The molecule has 0 aliphatic rings. The smallest absolute Gasteiger partial charge is 0.310 e. The average molecular weight is 511 g/mol. The molecule has 0 aliphatic carbocycles. The normalized spacial score (nSPS) is 12.2. The van der Waals surface area contributed by atoms with Gasteiger partial charge >= 0.3 is 10.1 Å². The van der Waals surface area contributed by atoms with E-state index in [0.29, 0.717) is 23.4 Å². The van der Waals surface area contributed by atoms with Crippen LogP contribution in [0.25, 0.3) is 5.57 Å². The summed E-state index contributed by atoms with van der Waals surface area (Å²) < 4.78 is 56.9. The maximum Gasteiger partial charge on any atom is 0.310 e. The largest absolute Gasteiger partial charge is 0.361 e. The van der Waals surface area contributed by atoms with E-state index in [9.17, 15) is 21.6 Å². The number of hydrogen-bond donors (Lipinski definition) is 0. The maximum atomic E-state index is 13.8. The lowest BCUT2D eigenvalue weighted by Crippen LogP contribution is -2.21. The predicted octanol–water partition coefficient (Wildman–Crippen LogP) is 4.33. The first kappa shape index (κ1) is 27.8. The number of nitrogens with zero attached hydrogens (tertiary/aromatic N) is 2. The Labute approximate surface area is 203 Å². The number of aryl methyl sites for hydroxylation is 2. The van der Waals surface area contributed by atoms with Crippen molar-refractivity contribution in [2.24, 2.45) is 5.92 Å². The summed E-state index contributed by atoms with van der Waals surface area (Å²) in [5.74, 6) is -0.978. The highest BCUT2D eigenvalue weighted by Gasteiger charge is 2.30. The summed E-state index contributed by atoms with van der Waals surface area (Å²) >= 11 is 0. The Morgan fingerprint density at radius 1 is 1.06 bits per heavy atom. The van der Waals surface area contributed by atoms with E-state index in [2.05, 4.69) is 5.10 Å². The molecule has 0 N–H and O–H groups in total. The topological polar surface area (TPSA) is 112 Å². The Morgan fingerprint density at radius 2 is 1.65 bits per heavy atom. The molecule has 2 aromatic rings. The van der Waals surface area contributed by atoms with E-state index in [1.165, 1.54) is 16.8 Å². The van der Waals surface area contributed by atoms with Gasteiger partial charge in [-0.05, 0) is 76.3 Å². The van der Waals surface area contributed by atoms with Crippen LogP contribution in [-0.2, 0) is 26.5 Å². The van der Waals surface area contributed by atoms with Crippen LogP contribution >= 0.6 is 0 Å². The Bertz CT molecular complexity index is 1360. The second-order valence-electron chi connectivity index (χ2n) is 9.12. The van der Waals surface area contributed by atoms with Crippen molar-refractivity contribution in [3.05, 3.63) is 45.7 Å². The van der Waals surface area contributed by atoms with Crippen molar-refractivity contribution in [1.82, 2.24) is 9.78 Å². The number of ketones is 1. The number of carbonyl (C=O) groups excluding carboxylic acids is 1. The zero-order chi connectivity index (χ0) is 26.2. The molecule has 0 saturated carbocycles. The molecule has 1 heterocycles. The van der Waals surface area contributed by atoms with Crippen molar-refractivity contribution >= 4 is 31.3 Å². The van der Waals surface area contributed by atoms with Crippen molar-refractivity contribution in [3.63, 3.8) is 0 Å². The molecular formula is C24H34N2O6S2. The van der Waals surface area contributed by atoms with Gasteiger partial charge in [-0.15, -0.1) is 0 Å². The van der Waals surface area contributed by atoms with Crippen LogP contribution in [0.1, 0.15) is 74.3 Å². The van der Waals surface area contributed by atoms with Gasteiger partial charge in [0.2, 0.25) is 11.7 Å². The molecule has 2 rings (SSSR count). The van der Waals surface area contributed by atoms with Crippen molar-refractivity contribution in [2.75, 3.05) is 12.0 Å². The number of benzene rings is 1. The highest BCUT2D eigenvalue weighted by molar-refractivity contribution is 7.90. The highest BCUT2D eigenvalue weighted by Crippen LogP contribution is 2.34. The van der Waals surface area contributed by atoms with E-state index in [4.69, 9.17) is 4.18 Å². The average Bonchev–Trinajstić information content (AvgIpc) is 2.98. The van der Waals surface area contributed by atoms with Gasteiger partial charge in [-0.1, -0.05) is 19.4 Å². The molecule has 1 aromatic heterocycles. The standard InChI is InChI=1S/C24H34N2O6S2/c1-10-26-24(32-34(30,31)13-14(2)3)22(18(8)25-26)23(27)19-11-12-20(33(9,28)29)21(17(19)7)16(6)15(4)5/h11-12,14H,10,13H2,1-9H3. The summed E-state index contributed by atoms with van der Waals surface area (Å²) in [6, 6.07) is 2.89. The summed E-state index contributed by atoms with van der Waals surface area (Å²) in [5.41, 5.74) is 3.27. The van der Waals surface area contributed by atoms with Crippen molar-refractivity contribution in [2.45, 2.75) is 66.8 Å². The lowest BCUT2D eigenvalue weighted by molar-refractivity contribution is 0.103. The van der Waals surface area contributed by atoms with Crippen molar-refractivity contribution in [3.8, 4) is 5.88 Å². The van der Waals surface area contributed by atoms with Crippen LogP contribution in [0.2, 0.25) is 0 Å². The lowest BCUT2D eigenvalue weighted by atomic mass is 9.91. The van der Waals surface area contributed by atoms with Gasteiger partial charge in [-0.3, -0.25) is 4.79 Å². The first-order valence-electron chi connectivity index (χ1n) is 11.0. The molecule has 188 valence electrons. The second-order valence-corrected chi connectivity index (χ2v) is 12.7. The van der Waals surface area contributed by atoms with Gasteiger partial charge in [0.1, 0.15) is 5.56 Å². The van der Waals surface area contributed by atoms with Crippen LogP contribution in [0.15, 0.2) is 22.6 Å². The fraction of sp³-hybridized carbons (Fsp3) is 0.500. The molecule has 0 unspecified atom stereocenters. The number of aromatic nitrogens is 2. The van der Waals surface area contributed by atoms with Gasteiger partial charge in [-0.2, -0.15) is 13.5 Å². The number of carbonyl (C=O) groups is 1.